The van der Waals surface area contributed by atoms with E-state index in [0.29, 0.717) is 28.5 Å². The first-order chi connectivity index (χ1) is 15.3. The molecule has 0 aliphatic heterocycles. The van der Waals surface area contributed by atoms with Crippen LogP contribution in [0.1, 0.15) is 22.5 Å². The average Bonchev–Trinajstić information content (AvgIpc) is 3.29. The van der Waals surface area contributed by atoms with Gasteiger partial charge in [-0.15, -0.1) is 0 Å². The number of aromatic nitrogens is 3. The first-order valence-corrected chi connectivity index (χ1v) is 11.8. The Morgan fingerprint density at radius 1 is 1.27 bits per heavy atom. The number of carbonyl (C=O) groups excluding carboxylic acids is 1. The zero-order valence-electron chi connectivity index (χ0n) is 17.4. The van der Waals surface area contributed by atoms with Gasteiger partial charge in [0.25, 0.3) is 11.1 Å². The Hall–Kier alpha value is -3.50. The van der Waals surface area contributed by atoms with Crippen molar-refractivity contribution in [3.63, 3.8) is 0 Å². The molecule has 33 heavy (non-hydrogen) atoms. The standard InChI is InChI=1S/C20H16F3N5O3S2/c1-11-7-13(12(2)28(11)16-6-4-5-15(9-16)20(21,22)23)8-14(10-24)17(29)25-18-26-19(27-32-18)33(3,30)31/h4-9H,1-3H3,(H,25,26,27,29). The van der Waals surface area contributed by atoms with Crippen molar-refractivity contribution in [1.29, 1.82) is 5.26 Å². The highest BCUT2D eigenvalue weighted by Crippen LogP contribution is 2.31. The van der Waals surface area contributed by atoms with E-state index in [-0.39, 0.29) is 16.4 Å². The van der Waals surface area contributed by atoms with Crippen LogP contribution < -0.4 is 5.32 Å². The van der Waals surface area contributed by atoms with E-state index in [1.165, 1.54) is 18.2 Å². The van der Waals surface area contributed by atoms with Gasteiger partial charge in [0.05, 0.1) is 5.56 Å². The van der Waals surface area contributed by atoms with Gasteiger partial charge in [-0.3, -0.25) is 10.1 Å². The van der Waals surface area contributed by atoms with E-state index < -0.39 is 32.6 Å². The van der Waals surface area contributed by atoms with Crippen LogP contribution >= 0.6 is 11.5 Å². The monoisotopic (exact) mass is 495 g/mol. The zero-order valence-corrected chi connectivity index (χ0v) is 19.1. The maximum atomic E-state index is 13.1. The summed E-state index contributed by atoms with van der Waals surface area (Å²) in [6, 6.07) is 8.20. The molecule has 0 fully saturated rings. The number of alkyl halides is 3. The molecule has 2 aromatic heterocycles. The van der Waals surface area contributed by atoms with Crippen molar-refractivity contribution in [2.45, 2.75) is 25.2 Å². The molecule has 172 valence electrons. The molecule has 0 bridgehead atoms. The average molecular weight is 496 g/mol. The Morgan fingerprint density at radius 2 is 1.97 bits per heavy atom. The molecule has 0 saturated carbocycles. The molecule has 0 saturated heterocycles. The minimum absolute atomic E-state index is 0.101. The van der Waals surface area contributed by atoms with Gasteiger partial charge >= 0.3 is 6.18 Å². The number of nitrogens with one attached hydrogen (secondary N) is 1. The molecule has 0 spiro atoms. The number of amides is 1. The molecule has 13 heteroatoms. The fraction of sp³-hybridized carbons (Fsp3) is 0.200. The Labute approximate surface area is 191 Å². The molecule has 0 aliphatic carbocycles. The SMILES string of the molecule is Cc1cc(C=C(C#N)C(=O)Nc2nc(S(C)(=O)=O)ns2)c(C)n1-c1cccc(C(F)(F)F)c1. The van der Waals surface area contributed by atoms with Crippen LogP contribution in [0.2, 0.25) is 0 Å². The van der Waals surface area contributed by atoms with Gasteiger partial charge in [0.1, 0.15) is 11.6 Å². The second-order valence-corrected chi connectivity index (χ2v) is 9.65. The number of anilines is 1. The lowest BCUT2D eigenvalue weighted by atomic mass is 10.1. The van der Waals surface area contributed by atoms with Crippen molar-refractivity contribution in [3.8, 4) is 11.8 Å². The minimum Gasteiger partial charge on any atom is -0.318 e. The number of hydrogen-bond donors (Lipinski definition) is 1. The van der Waals surface area contributed by atoms with E-state index in [1.54, 1.807) is 30.6 Å². The largest absolute Gasteiger partial charge is 0.416 e. The van der Waals surface area contributed by atoms with Crippen LogP contribution in [-0.2, 0) is 20.8 Å². The summed E-state index contributed by atoms with van der Waals surface area (Å²) < 4.78 is 67.5. The molecule has 1 amide bonds. The summed E-state index contributed by atoms with van der Waals surface area (Å²) in [5, 5.41) is 11.2. The zero-order chi connectivity index (χ0) is 24.6. The van der Waals surface area contributed by atoms with Gasteiger partial charge in [0.15, 0.2) is 0 Å². The molecular formula is C20H16F3N5O3S2. The summed E-state index contributed by atoms with van der Waals surface area (Å²) in [4.78, 5) is 16.2. The van der Waals surface area contributed by atoms with Crippen molar-refractivity contribution in [2.24, 2.45) is 0 Å². The molecule has 3 rings (SSSR count). The predicted molar refractivity (Wildman–Crippen MR) is 115 cm³/mol. The Balaban J connectivity index is 1.93. The fourth-order valence-electron chi connectivity index (χ4n) is 3.03. The second kappa shape index (κ2) is 8.80. The van der Waals surface area contributed by atoms with Crippen LogP contribution in [-0.4, -0.2) is 34.5 Å². The molecule has 0 radical (unpaired) electrons. The summed E-state index contributed by atoms with van der Waals surface area (Å²) in [6.07, 6.45) is -2.29. The predicted octanol–water partition coefficient (Wildman–Crippen LogP) is 3.91. The molecule has 3 aromatic rings. The number of rotatable bonds is 5. The first-order valence-electron chi connectivity index (χ1n) is 9.14. The Kier molecular flexibility index (Phi) is 6.44. The Bertz CT molecular complexity index is 1410. The quantitative estimate of drug-likeness (QED) is 0.424. The number of nitrogens with zero attached hydrogens (tertiary/aromatic N) is 4. The van der Waals surface area contributed by atoms with Crippen molar-refractivity contribution >= 4 is 38.5 Å². The van der Waals surface area contributed by atoms with E-state index in [2.05, 4.69) is 14.7 Å². The van der Waals surface area contributed by atoms with Gasteiger partial charge in [0, 0.05) is 34.9 Å². The molecule has 0 atom stereocenters. The number of nitriles is 1. The summed E-state index contributed by atoms with van der Waals surface area (Å²) in [5.74, 6) is -0.836. The third-order valence-corrected chi connectivity index (χ3v) is 6.12. The summed E-state index contributed by atoms with van der Waals surface area (Å²) in [7, 11) is -3.65. The third kappa shape index (κ3) is 5.29. The molecule has 8 nitrogen and oxygen atoms in total. The maximum Gasteiger partial charge on any atom is 0.416 e. The van der Waals surface area contributed by atoms with Crippen LogP contribution in [0, 0.1) is 25.2 Å². The highest BCUT2D eigenvalue weighted by atomic mass is 32.2. The van der Waals surface area contributed by atoms with Gasteiger partial charge in [-0.1, -0.05) is 6.07 Å². The lowest BCUT2D eigenvalue weighted by molar-refractivity contribution is -0.137. The van der Waals surface area contributed by atoms with Crippen LogP contribution in [0.3, 0.4) is 0 Å². The number of halogens is 3. The van der Waals surface area contributed by atoms with Crippen LogP contribution in [0.4, 0.5) is 18.3 Å². The second-order valence-electron chi connectivity index (χ2n) is 6.99. The van der Waals surface area contributed by atoms with Crippen LogP contribution in [0.15, 0.2) is 41.1 Å². The highest BCUT2D eigenvalue weighted by Gasteiger charge is 2.30. The molecule has 0 aliphatic rings. The topological polar surface area (TPSA) is 118 Å². The third-order valence-electron chi connectivity index (χ3n) is 4.53. The van der Waals surface area contributed by atoms with Crippen molar-refractivity contribution < 1.29 is 26.4 Å². The number of carbonyl (C=O) groups is 1. The van der Waals surface area contributed by atoms with E-state index in [1.807, 2.05) is 0 Å². The number of sulfone groups is 1. The van der Waals surface area contributed by atoms with E-state index in [9.17, 15) is 31.6 Å². The summed E-state index contributed by atoms with van der Waals surface area (Å²) in [6.45, 7) is 3.33. The summed E-state index contributed by atoms with van der Waals surface area (Å²) in [5.41, 5.74) is 0.734. The van der Waals surface area contributed by atoms with E-state index >= 15 is 0 Å². The fourth-order valence-corrected chi connectivity index (χ4v) is 4.47. The lowest BCUT2D eigenvalue weighted by Crippen LogP contribution is -2.13. The van der Waals surface area contributed by atoms with Gasteiger partial charge in [-0.05, 0) is 49.8 Å². The molecule has 2 heterocycles. The van der Waals surface area contributed by atoms with E-state index in [4.69, 9.17) is 0 Å². The lowest BCUT2D eigenvalue weighted by Gasteiger charge is -2.13. The van der Waals surface area contributed by atoms with Crippen molar-refractivity contribution in [2.75, 3.05) is 11.6 Å². The smallest absolute Gasteiger partial charge is 0.318 e. The number of aryl methyl sites for hydroxylation is 1. The van der Waals surface area contributed by atoms with Gasteiger partial charge in [0.2, 0.25) is 15.0 Å². The minimum atomic E-state index is -4.50. The molecule has 0 unspecified atom stereocenters. The molecule has 1 N–H and O–H groups in total. The Morgan fingerprint density at radius 3 is 2.55 bits per heavy atom. The van der Waals surface area contributed by atoms with Crippen molar-refractivity contribution in [3.05, 3.63) is 58.4 Å². The molecular weight excluding hydrogens is 479 g/mol. The van der Waals surface area contributed by atoms with Crippen molar-refractivity contribution in [1.82, 2.24) is 13.9 Å². The highest BCUT2D eigenvalue weighted by molar-refractivity contribution is 7.90. The van der Waals surface area contributed by atoms with E-state index in [0.717, 1.165) is 18.4 Å². The summed E-state index contributed by atoms with van der Waals surface area (Å²) >= 11 is 0.644. The van der Waals surface area contributed by atoms with Gasteiger partial charge in [-0.25, -0.2) is 8.42 Å². The number of benzene rings is 1. The van der Waals surface area contributed by atoms with Crippen LogP contribution in [0.5, 0.6) is 0 Å². The molecule has 1 aromatic carbocycles. The number of hydrogen-bond acceptors (Lipinski definition) is 7. The maximum absolute atomic E-state index is 13.1. The van der Waals surface area contributed by atoms with Crippen LogP contribution in [0.25, 0.3) is 11.8 Å². The first kappa shape index (κ1) is 24.1. The normalized spacial score (nSPS) is 12.5. The van der Waals surface area contributed by atoms with Gasteiger partial charge in [-0.2, -0.15) is 27.8 Å². The van der Waals surface area contributed by atoms with Gasteiger partial charge < -0.3 is 4.57 Å².